The van der Waals surface area contributed by atoms with Gasteiger partial charge < -0.3 is 14.6 Å². The number of carbonyl (C=O) groups is 1. The highest BCUT2D eigenvalue weighted by molar-refractivity contribution is 5.82. The monoisotopic (exact) mass is 262 g/mol. The molecule has 0 radical (unpaired) electrons. The van der Waals surface area contributed by atoms with E-state index in [4.69, 9.17) is 9.84 Å². The van der Waals surface area contributed by atoms with Gasteiger partial charge in [0.1, 0.15) is 0 Å². The lowest BCUT2D eigenvalue weighted by Crippen LogP contribution is -1.97. The van der Waals surface area contributed by atoms with E-state index >= 15 is 0 Å². The van der Waals surface area contributed by atoms with Gasteiger partial charge in [-0.15, -0.1) is 0 Å². The highest BCUT2D eigenvalue weighted by Gasteiger charge is 1.95. The fourth-order valence-corrected chi connectivity index (χ4v) is 1.35. The Balaban J connectivity index is 2.37. The normalized spacial score (nSPS) is 11.8. The second kappa shape index (κ2) is 9.08. The van der Waals surface area contributed by atoms with Crippen LogP contribution in [0.15, 0.2) is 54.1 Å². The molecule has 0 saturated carbocycles. The summed E-state index contributed by atoms with van der Waals surface area (Å²) in [7, 11) is 1.30. The van der Waals surface area contributed by atoms with Crippen LogP contribution in [-0.4, -0.2) is 31.4 Å². The minimum atomic E-state index is -0.454. The van der Waals surface area contributed by atoms with Crippen LogP contribution in [0.2, 0.25) is 0 Å². The van der Waals surface area contributed by atoms with Gasteiger partial charge in [-0.3, -0.25) is 0 Å². The molecule has 0 heterocycles. The predicted molar refractivity (Wildman–Crippen MR) is 72.4 cm³/mol. The third-order valence-electron chi connectivity index (χ3n) is 2.39. The highest BCUT2D eigenvalue weighted by atomic mass is 16.5. The molecule has 1 rings (SSSR count). The zero-order chi connectivity index (χ0) is 13.9. The second-order valence-corrected chi connectivity index (χ2v) is 3.79. The maximum absolute atomic E-state index is 10.9. The highest BCUT2D eigenvalue weighted by Crippen LogP contribution is 2.02. The molecular formula is C15H18O4. The van der Waals surface area contributed by atoms with Crippen LogP contribution in [-0.2, 0) is 20.9 Å². The van der Waals surface area contributed by atoms with E-state index in [1.165, 1.54) is 19.3 Å². The quantitative estimate of drug-likeness (QED) is 0.352. The first kappa shape index (κ1) is 15.1. The average Bonchev–Trinajstić information content (AvgIpc) is 2.47. The van der Waals surface area contributed by atoms with Crippen molar-refractivity contribution in [2.75, 3.05) is 20.3 Å². The molecule has 0 aromatic heterocycles. The lowest BCUT2D eigenvalue weighted by molar-refractivity contribution is -0.134. The molecule has 0 unspecified atom stereocenters. The average molecular weight is 262 g/mol. The number of hydrogen-bond donors (Lipinski definition) is 1. The van der Waals surface area contributed by atoms with Crippen molar-refractivity contribution in [1.29, 1.82) is 0 Å². The molecular weight excluding hydrogens is 244 g/mol. The minimum absolute atomic E-state index is 0.151. The third-order valence-corrected chi connectivity index (χ3v) is 2.39. The lowest BCUT2D eigenvalue weighted by Gasteiger charge is -2.02. The number of rotatable bonds is 7. The second-order valence-electron chi connectivity index (χ2n) is 3.79. The number of hydrogen-bond acceptors (Lipinski definition) is 4. The van der Waals surface area contributed by atoms with Gasteiger partial charge in [0.2, 0.25) is 0 Å². The van der Waals surface area contributed by atoms with Crippen LogP contribution < -0.4 is 0 Å². The van der Waals surface area contributed by atoms with Gasteiger partial charge in [-0.05, 0) is 17.2 Å². The number of carbonyl (C=O) groups excluding carboxylic acids is 1. The summed E-state index contributed by atoms with van der Waals surface area (Å²) in [5.74, 6) is -0.454. The van der Waals surface area contributed by atoms with Gasteiger partial charge in [-0.2, -0.15) is 0 Å². The largest absolute Gasteiger partial charge is 0.466 e. The van der Waals surface area contributed by atoms with Crippen molar-refractivity contribution in [1.82, 2.24) is 0 Å². The maximum Gasteiger partial charge on any atom is 0.330 e. The molecule has 0 aliphatic rings. The van der Waals surface area contributed by atoms with Crippen molar-refractivity contribution in [3.05, 3.63) is 59.7 Å². The Morgan fingerprint density at radius 1 is 1.26 bits per heavy atom. The summed E-state index contributed by atoms with van der Waals surface area (Å²) in [6.07, 6.45) is 4.50. The van der Waals surface area contributed by atoms with E-state index in [2.05, 4.69) is 4.74 Å². The van der Waals surface area contributed by atoms with Crippen LogP contribution in [0, 0.1) is 0 Å². The van der Waals surface area contributed by atoms with E-state index in [0.29, 0.717) is 18.8 Å². The van der Waals surface area contributed by atoms with Crippen molar-refractivity contribution in [3.8, 4) is 0 Å². The number of aliphatic hydroxyl groups is 1. The van der Waals surface area contributed by atoms with Crippen molar-refractivity contribution in [2.45, 2.75) is 6.61 Å². The van der Waals surface area contributed by atoms with E-state index in [-0.39, 0.29) is 6.61 Å². The summed E-state index contributed by atoms with van der Waals surface area (Å²) in [5, 5.41) is 9.10. The molecule has 102 valence electrons. The van der Waals surface area contributed by atoms with Gasteiger partial charge in [0.25, 0.3) is 0 Å². The number of ether oxygens (including phenoxy) is 2. The Morgan fingerprint density at radius 2 is 2.00 bits per heavy atom. The number of aliphatic hydroxyl groups excluding tert-OH is 1. The molecule has 0 amide bonds. The summed E-state index contributed by atoms with van der Waals surface area (Å²) >= 11 is 0. The first-order chi connectivity index (χ1) is 9.26. The molecule has 0 fully saturated rings. The fourth-order valence-electron chi connectivity index (χ4n) is 1.35. The predicted octanol–water partition coefficient (Wildman–Crippen LogP) is 1.85. The van der Waals surface area contributed by atoms with Gasteiger partial charge in [0, 0.05) is 6.08 Å². The van der Waals surface area contributed by atoms with Crippen molar-refractivity contribution in [2.24, 2.45) is 0 Å². The third kappa shape index (κ3) is 6.55. The van der Waals surface area contributed by atoms with Gasteiger partial charge in [-0.25, -0.2) is 4.79 Å². The molecule has 0 bridgehead atoms. The van der Waals surface area contributed by atoms with Crippen LogP contribution >= 0.6 is 0 Å². The summed E-state index contributed by atoms with van der Waals surface area (Å²) in [6, 6.07) is 9.81. The van der Waals surface area contributed by atoms with Crippen LogP contribution in [0.25, 0.3) is 0 Å². The molecule has 19 heavy (non-hydrogen) atoms. The summed E-state index contributed by atoms with van der Waals surface area (Å²) in [4.78, 5) is 10.9. The van der Waals surface area contributed by atoms with Crippen molar-refractivity contribution < 1.29 is 19.4 Å². The number of benzene rings is 1. The summed E-state index contributed by atoms with van der Waals surface area (Å²) in [6.45, 7) is 0.731. The molecule has 4 heteroatoms. The molecule has 0 atom stereocenters. The van der Waals surface area contributed by atoms with Crippen molar-refractivity contribution >= 4 is 5.97 Å². The summed E-state index contributed by atoms with van der Waals surface area (Å²) < 4.78 is 9.91. The Hall–Kier alpha value is -1.91. The first-order valence-corrected chi connectivity index (χ1v) is 5.94. The fraction of sp³-hybridized carbons (Fsp3) is 0.267. The Morgan fingerprint density at radius 3 is 2.63 bits per heavy atom. The molecule has 1 aromatic rings. The van der Waals surface area contributed by atoms with E-state index in [0.717, 1.165) is 5.56 Å². The summed E-state index contributed by atoms with van der Waals surface area (Å²) in [5.41, 5.74) is 1.70. The zero-order valence-corrected chi connectivity index (χ0v) is 10.9. The SMILES string of the molecule is COC(=O)/C=C/C(=C/COCc1ccccc1)CO. The standard InChI is InChI=1S/C15H18O4/c1-18-15(17)8-7-13(11-16)9-10-19-12-14-5-3-2-4-6-14/h2-9,16H,10-12H2,1H3/b8-7+,13-9-. The Kier molecular flexibility index (Phi) is 7.24. The maximum atomic E-state index is 10.9. The van der Waals surface area contributed by atoms with E-state index in [1.807, 2.05) is 30.3 Å². The van der Waals surface area contributed by atoms with Gasteiger partial charge >= 0.3 is 5.97 Å². The lowest BCUT2D eigenvalue weighted by atomic mass is 10.2. The molecule has 0 spiro atoms. The van der Waals surface area contributed by atoms with Crippen molar-refractivity contribution in [3.63, 3.8) is 0 Å². The van der Waals surface area contributed by atoms with Crippen LogP contribution in [0.4, 0.5) is 0 Å². The first-order valence-electron chi connectivity index (χ1n) is 5.94. The Bertz CT molecular complexity index is 435. The number of esters is 1. The molecule has 0 aliphatic carbocycles. The smallest absolute Gasteiger partial charge is 0.330 e. The topological polar surface area (TPSA) is 55.8 Å². The Labute approximate surface area is 113 Å². The van der Waals surface area contributed by atoms with Crippen LogP contribution in [0.3, 0.4) is 0 Å². The van der Waals surface area contributed by atoms with Gasteiger partial charge in [0.05, 0.1) is 26.9 Å². The molecule has 1 N–H and O–H groups in total. The van der Waals surface area contributed by atoms with Gasteiger partial charge in [0.15, 0.2) is 0 Å². The van der Waals surface area contributed by atoms with Gasteiger partial charge in [-0.1, -0.05) is 36.4 Å². The number of methoxy groups -OCH3 is 1. The van der Waals surface area contributed by atoms with Crippen LogP contribution in [0.1, 0.15) is 5.56 Å². The molecule has 0 saturated heterocycles. The van der Waals surface area contributed by atoms with E-state index in [9.17, 15) is 4.79 Å². The molecule has 1 aromatic carbocycles. The molecule has 4 nitrogen and oxygen atoms in total. The zero-order valence-electron chi connectivity index (χ0n) is 10.9. The molecule has 0 aliphatic heterocycles. The van der Waals surface area contributed by atoms with Crippen LogP contribution in [0.5, 0.6) is 0 Å². The van der Waals surface area contributed by atoms with E-state index < -0.39 is 5.97 Å². The van der Waals surface area contributed by atoms with E-state index in [1.54, 1.807) is 6.08 Å². The minimum Gasteiger partial charge on any atom is -0.466 e.